The van der Waals surface area contributed by atoms with Crippen LogP contribution < -0.4 is 0 Å². The van der Waals surface area contributed by atoms with Crippen LogP contribution in [0.4, 0.5) is 0 Å². The summed E-state index contributed by atoms with van der Waals surface area (Å²) >= 11 is 0. The van der Waals surface area contributed by atoms with Gasteiger partial charge < -0.3 is 14.5 Å². The van der Waals surface area contributed by atoms with Gasteiger partial charge in [-0.1, -0.05) is 18.2 Å². The largest absolute Gasteiger partial charge is 0.361 e. The Morgan fingerprint density at radius 3 is 2.38 bits per heavy atom. The molecule has 2 aromatic heterocycles. The van der Waals surface area contributed by atoms with Crippen molar-refractivity contribution >= 4 is 22.6 Å². The molecule has 32 heavy (non-hydrogen) atoms. The normalized spacial score (nSPS) is 15.5. The molecule has 1 saturated heterocycles. The number of fused-ring (bicyclic) bond motifs is 1. The lowest BCUT2D eigenvalue weighted by atomic mass is 10.1. The second-order valence-corrected chi connectivity index (χ2v) is 9.91. The van der Waals surface area contributed by atoms with Gasteiger partial charge in [-0.25, -0.2) is 0 Å². The summed E-state index contributed by atoms with van der Waals surface area (Å²) in [6.45, 7) is 13.8. The van der Waals surface area contributed by atoms with Crippen LogP contribution in [0.15, 0.2) is 36.5 Å². The lowest BCUT2D eigenvalue weighted by Crippen LogP contribution is -2.50. The average Bonchev–Trinajstić information content (AvgIpc) is 3.28. The molecule has 170 valence electrons. The zero-order chi connectivity index (χ0) is 23.0. The molecule has 3 heterocycles. The van der Waals surface area contributed by atoms with Crippen molar-refractivity contribution in [1.29, 1.82) is 0 Å². The summed E-state index contributed by atoms with van der Waals surface area (Å²) in [4.78, 5) is 33.2. The smallest absolute Gasteiger partial charge is 0.227 e. The third kappa shape index (κ3) is 4.37. The third-order valence-corrected chi connectivity index (χ3v) is 6.51. The molecule has 0 aliphatic carbocycles. The highest BCUT2D eigenvalue weighted by atomic mass is 16.2. The van der Waals surface area contributed by atoms with Crippen molar-refractivity contribution in [2.45, 2.75) is 46.6 Å². The highest BCUT2D eigenvalue weighted by Crippen LogP contribution is 2.25. The number of nitrogens with zero attached hydrogens (tertiary/aromatic N) is 3. The van der Waals surface area contributed by atoms with Crippen molar-refractivity contribution < 1.29 is 9.59 Å². The molecule has 1 fully saturated rings. The van der Waals surface area contributed by atoms with E-state index in [1.165, 1.54) is 0 Å². The summed E-state index contributed by atoms with van der Waals surface area (Å²) in [6.07, 6.45) is 2.34. The molecule has 1 aliphatic rings. The maximum absolute atomic E-state index is 13.0. The van der Waals surface area contributed by atoms with Gasteiger partial charge in [-0.2, -0.15) is 0 Å². The van der Waals surface area contributed by atoms with E-state index in [2.05, 4.69) is 48.2 Å². The summed E-state index contributed by atoms with van der Waals surface area (Å²) in [5.74, 6) is 0.307. The Labute approximate surface area is 190 Å². The summed E-state index contributed by atoms with van der Waals surface area (Å²) in [7, 11) is 0. The number of carbonyl (C=O) groups excluding carboxylic acids is 2. The second kappa shape index (κ2) is 8.58. The minimum atomic E-state index is -0.0521. The van der Waals surface area contributed by atoms with E-state index in [1.54, 1.807) is 0 Å². The molecule has 0 spiro atoms. The minimum Gasteiger partial charge on any atom is -0.361 e. The molecule has 1 aliphatic heterocycles. The van der Waals surface area contributed by atoms with E-state index in [0.717, 1.165) is 46.5 Å². The average molecular weight is 435 g/mol. The Morgan fingerprint density at radius 1 is 1.03 bits per heavy atom. The van der Waals surface area contributed by atoms with Crippen LogP contribution in [-0.2, 0) is 16.8 Å². The van der Waals surface area contributed by atoms with Crippen LogP contribution in [0.5, 0.6) is 0 Å². The fourth-order valence-corrected chi connectivity index (χ4v) is 5.07. The molecule has 1 amide bonds. The van der Waals surface area contributed by atoms with Gasteiger partial charge in [0.25, 0.3) is 0 Å². The first-order chi connectivity index (χ1) is 15.1. The molecule has 0 bridgehead atoms. The van der Waals surface area contributed by atoms with Crippen LogP contribution in [0.2, 0.25) is 0 Å². The molecule has 0 radical (unpaired) electrons. The van der Waals surface area contributed by atoms with E-state index < -0.39 is 0 Å². The van der Waals surface area contributed by atoms with E-state index in [4.69, 9.17) is 0 Å². The molecule has 4 rings (SSSR count). The Balaban J connectivity index is 1.34. The summed E-state index contributed by atoms with van der Waals surface area (Å²) in [5, 5.41) is 1.11. The second-order valence-electron chi connectivity index (χ2n) is 9.91. The van der Waals surface area contributed by atoms with E-state index in [1.807, 2.05) is 42.3 Å². The van der Waals surface area contributed by atoms with Crippen molar-refractivity contribution in [2.75, 3.05) is 32.7 Å². The van der Waals surface area contributed by atoms with Gasteiger partial charge in [-0.05, 0) is 52.3 Å². The SMILES string of the molecule is Cc1cc(C(=O)CN2CCN(C(=O)Cc3c[nH]c4ccccc34)CC2)c(C)n1C(C)(C)C. The van der Waals surface area contributed by atoms with E-state index >= 15 is 0 Å². The number of ketones is 1. The highest BCUT2D eigenvalue weighted by Gasteiger charge is 2.26. The molecule has 1 aromatic carbocycles. The summed E-state index contributed by atoms with van der Waals surface area (Å²) < 4.78 is 2.24. The molecular formula is C26H34N4O2. The first kappa shape index (κ1) is 22.3. The molecule has 6 heteroatoms. The Kier molecular flexibility index (Phi) is 5.99. The van der Waals surface area contributed by atoms with E-state index in [0.29, 0.717) is 26.1 Å². The minimum absolute atomic E-state index is 0.0521. The topological polar surface area (TPSA) is 61.3 Å². The van der Waals surface area contributed by atoms with Gasteiger partial charge in [-0.3, -0.25) is 14.5 Å². The number of amides is 1. The molecule has 0 atom stereocenters. The van der Waals surface area contributed by atoms with Crippen molar-refractivity contribution in [2.24, 2.45) is 0 Å². The highest BCUT2D eigenvalue weighted by molar-refractivity contribution is 5.99. The van der Waals surface area contributed by atoms with E-state index in [9.17, 15) is 9.59 Å². The van der Waals surface area contributed by atoms with Gasteiger partial charge >= 0.3 is 0 Å². The summed E-state index contributed by atoms with van der Waals surface area (Å²) in [6, 6.07) is 10.1. The number of benzene rings is 1. The number of para-hydroxylation sites is 1. The lowest BCUT2D eigenvalue weighted by molar-refractivity contribution is -0.132. The van der Waals surface area contributed by atoms with Crippen LogP contribution in [0.25, 0.3) is 10.9 Å². The van der Waals surface area contributed by atoms with E-state index in [-0.39, 0.29) is 17.2 Å². The Morgan fingerprint density at radius 2 is 1.72 bits per heavy atom. The molecule has 3 aromatic rings. The zero-order valence-electron chi connectivity index (χ0n) is 19.9. The Bertz CT molecular complexity index is 1140. The van der Waals surface area contributed by atoms with Crippen molar-refractivity contribution in [1.82, 2.24) is 19.4 Å². The summed E-state index contributed by atoms with van der Waals surface area (Å²) in [5.41, 5.74) is 5.01. The zero-order valence-corrected chi connectivity index (χ0v) is 19.9. The van der Waals surface area contributed by atoms with Crippen molar-refractivity contribution in [3.05, 3.63) is 59.0 Å². The monoisotopic (exact) mass is 434 g/mol. The van der Waals surface area contributed by atoms with Gasteiger partial charge in [0.15, 0.2) is 5.78 Å². The first-order valence-electron chi connectivity index (χ1n) is 11.4. The molecule has 6 nitrogen and oxygen atoms in total. The number of carbonyl (C=O) groups is 2. The van der Waals surface area contributed by atoms with Crippen molar-refractivity contribution in [3.63, 3.8) is 0 Å². The Hall–Kier alpha value is -2.86. The number of piperazine rings is 1. The van der Waals surface area contributed by atoms with Crippen LogP contribution in [-0.4, -0.2) is 63.8 Å². The quantitative estimate of drug-likeness (QED) is 0.620. The van der Waals surface area contributed by atoms with Gasteiger partial charge in [0.2, 0.25) is 5.91 Å². The standard InChI is InChI=1S/C26H34N4O2/c1-18-14-22(19(2)30(18)26(3,4)5)24(31)17-28-10-12-29(13-11-28)25(32)15-20-16-27-23-9-7-6-8-21(20)23/h6-9,14,16,27H,10-13,15,17H2,1-5H3. The number of Topliss-reactive ketones (excluding diaryl/α,β-unsaturated/α-hetero) is 1. The lowest BCUT2D eigenvalue weighted by Gasteiger charge is -2.34. The molecule has 0 saturated carbocycles. The van der Waals surface area contributed by atoms with Crippen LogP contribution in [0.3, 0.4) is 0 Å². The maximum atomic E-state index is 13.0. The van der Waals surface area contributed by atoms with Crippen molar-refractivity contribution in [3.8, 4) is 0 Å². The van der Waals surface area contributed by atoms with Gasteiger partial charge in [0, 0.05) is 65.8 Å². The predicted molar refractivity (Wildman–Crippen MR) is 128 cm³/mol. The van der Waals surface area contributed by atoms with Crippen LogP contribution in [0, 0.1) is 13.8 Å². The number of hydrogen-bond acceptors (Lipinski definition) is 3. The molecular weight excluding hydrogens is 400 g/mol. The number of hydrogen-bond donors (Lipinski definition) is 1. The maximum Gasteiger partial charge on any atom is 0.227 e. The number of nitrogens with one attached hydrogen (secondary N) is 1. The number of rotatable bonds is 5. The fraction of sp³-hybridized carbons (Fsp3) is 0.462. The number of aryl methyl sites for hydroxylation is 1. The molecule has 0 unspecified atom stereocenters. The first-order valence-corrected chi connectivity index (χ1v) is 11.4. The van der Waals surface area contributed by atoms with Gasteiger partial charge in [-0.15, -0.1) is 0 Å². The number of H-pyrrole nitrogens is 1. The fourth-order valence-electron chi connectivity index (χ4n) is 5.07. The predicted octanol–water partition coefficient (Wildman–Crippen LogP) is 3.91. The number of aromatic nitrogens is 2. The van der Waals surface area contributed by atoms with Gasteiger partial charge in [0.1, 0.15) is 0 Å². The van der Waals surface area contributed by atoms with Crippen LogP contribution >= 0.6 is 0 Å². The third-order valence-electron chi connectivity index (χ3n) is 6.51. The van der Waals surface area contributed by atoms with Gasteiger partial charge in [0.05, 0.1) is 13.0 Å². The number of aromatic amines is 1. The van der Waals surface area contributed by atoms with Crippen LogP contribution in [0.1, 0.15) is 48.1 Å². The molecule has 1 N–H and O–H groups in total.